The van der Waals surface area contributed by atoms with E-state index in [2.05, 4.69) is 19.9 Å². The predicted molar refractivity (Wildman–Crippen MR) is 55.8 cm³/mol. The summed E-state index contributed by atoms with van der Waals surface area (Å²) in [5.74, 6) is 0.471. The number of aryl methyl sites for hydroxylation is 1. The van der Waals surface area contributed by atoms with Crippen LogP contribution in [-0.4, -0.2) is 0 Å². The van der Waals surface area contributed by atoms with Crippen molar-refractivity contribution in [2.45, 2.75) is 26.8 Å². The molecule has 0 bridgehead atoms. The number of thiophene rings is 1. The van der Waals surface area contributed by atoms with Gasteiger partial charge in [-0.05, 0) is 24.5 Å². The van der Waals surface area contributed by atoms with Crippen LogP contribution in [0.15, 0.2) is 6.07 Å². The SMILES string of the molecule is Cc1cc(C(N)C(C)C)sc1Cl. The minimum absolute atomic E-state index is 0.126. The van der Waals surface area contributed by atoms with Gasteiger partial charge in [0.15, 0.2) is 0 Å². The average molecular weight is 204 g/mol. The van der Waals surface area contributed by atoms with Gasteiger partial charge in [0.1, 0.15) is 0 Å². The molecule has 1 rings (SSSR count). The number of halogens is 1. The van der Waals surface area contributed by atoms with Crippen LogP contribution in [0.4, 0.5) is 0 Å². The van der Waals surface area contributed by atoms with Gasteiger partial charge >= 0.3 is 0 Å². The topological polar surface area (TPSA) is 26.0 Å². The second-order valence-electron chi connectivity index (χ2n) is 3.38. The molecule has 12 heavy (non-hydrogen) atoms. The van der Waals surface area contributed by atoms with Crippen molar-refractivity contribution in [3.8, 4) is 0 Å². The van der Waals surface area contributed by atoms with E-state index in [1.54, 1.807) is 11.3 Å². The van der Waals surface area contributed by atoms with E-state index in [4.69, 9.17) is 17.3 Å². The molecule has 0 spiro atoms. The number of rotatable bonds is 2. The van der Waals surface area contributed by atoms with Gasteiger partial charge in [-0.3, -0.25) is 0 Å². The molecule has 1 aromatic heterocycles. The smallest absolute Gasteiger partial charge is 0.0960 e. The second-order valence-corrected chi connectivity index (χ2v) is 5.06. The Labute approximate surface area is 82.5 Å². The first-order valence-electron chi connectivity index (χ1n) is 4.03. The van der Waals surface area contributed by atoms with Gasteiger partial charge in [-0.15, -0.1) is 11.3 Å². The normalized spacial score (nSPS) is 13.8. The van der Waals surface area contributed by atoms with E-state index in [0.29, 0.717) is 5.92 Å². The summed E-state index contributed by atoms with van der Waals surface area (Å²) >= 11 is 7.53. The molecule has 0 aliphatic carbocycles. The van der Waals surface area contributed by atoms with E-state index in [1.165, 1.54) is 4.88 Å². The molecule has 1 nitrogen and oxygen atoms in total. The van der Waals surface area contributed by atoms with Gasteiger partial charge in [0.2, 0.25) is 0 Å². The fourth-order valence-corrected chi connectivity index (χ4v) is 2.37. The number of hydrogen-bond acceptors (Lipinski definition) is 2. The lowest BCUT2D eigenvalue weighted by Gasteiger charge is -2.12. The van der Waals surface area contributed by atoms with Crippen LogP contribution in [0.3, 0.4) is 0 Å². The van der Waals surface area contributed by atoms with Crippen LogP contribution < -0.4 is 5.73 Å². The first-order valence-corrected chi connectivity index (χ1v) is 5.23. The maximum atomic E-state index is 5.97. The summed E-state index contributed by atoms with van der Waals surface area (Å²) in [7, 11) is 0. The van der Waals surface area contributed by atoms with Gasteiger partial charge in [0, 0.05) is 10.9 Å². The molecule has 0 saturated heterocycles. The van der Waals surface area contributed by atoms with Crippen LogP contribution in [0.2, 0.25) is 4.34 Å². The van der Waals surface area contributed by atoms with E-state index in [9.17, 15) is 0 Å². The third-order valence-corrected chi connectivity index (χ3v) is 3.58. The Bertz CT molecular complexity index is 248. The van der Waals surface area contributed by atoms with Crippen LogP contribution in [0.5, 0.6) is 0 Å². The quantitative estimate of drug-likeness (QED) is 0.784. The number of hydrogen-bond donors (Lipinski definition) is 1. The molecule has 0 aromatic carbocycles. The van der Waals surface area contributed by atoms with Gasteiger partial charge in [-0.1, -0.05) is 25.4 Å². The molecule has 0 amide bonds. The van der Waals surface area contributed by atoms with E-state index in [1.807, 2.05) is 6.92 Å². The first-order chi connectivity index (χ1) is 5.52. The van der Waals surface area contributed by atoms with E-state index >= 15 is 0 Å². The van der Waals surface area contributed by atoms with Gasteiger partial charge in [-0.2, -0.15) is 0 Å². The minimum Gasteiger partial charge on any atom is -0.323 e. The molecule has 0 fully saturated rings. The van der Waals surface area contributed by atoms with E-state index in [-0.39, 0.29) is 6.04 Å². The molecule has 1 unspecified atom stereocenters. The minimum atomic E-state index is 0.126. The van der Waals surface area contributed by atoms with Gasteiger partial charge in [0.05, 0.1) is 4.34 Å². The maximum absolute atomic E-state index is 5.97. The summed E-state index contributed by atoms with van der Waals surface area (Å²) in [5.41, 5.74) is 7.10. The zero-order valence-electron chi connectivity index (χ0n) is 7.60. The summed E-state index contributed by atoms with van der Waals surface area (Å²) in [6, 6.07) is 2.21. The van der Waals surface area contributed by atoms with E-state index < -0.39 is 0 Å². The highest BCUT2D eigenvalue weighted by molar-refractivity contribution is 7.16. The third kappa shape index (κ3) is 2.00. The molecule has 0 aliphatic heterocycles. The Morgan fingerprint density at radius 1 is 1.50 bits per heavy atom. The molecule has 0 saturated carbocycles. The summed E-state index contributed by atoms with van der Waals surface area (Å²) in [4.78, 5) is 1.19. The van der Waals surface area contributed by atoms with Gasteiger partial charge < -0.3 is 5.73 Å². The Kier molecular flexibility index (Phi) is 3.16. The highest BCUT2D eigenvalue weighted by Crippen LogP contribution is 2.32. The van der Waals surface area contributed by atoms with Crippen molar-refractivity contribution in [3.05, 3.63) is 20.8 Å². The van der Waals surface area contributed by atoms with Crippen LogP contribution in [0, 0.1) is 12.8 Å². The Hall–Kier alpha value is -0.0500. The fourth-order valence-electron chi connectivity index (χ4n) is 0.976. The van der Waals surface area contributed by atoms with Crippen molar-refractivity contribution >= 4 is 22.9 Å². The maximum Gasteiger partial charge on any atom is 0.0960 e. The van der Waals surface area contributed by atoms with Gasteiger partial charge in [-0.25, -0.2) is 0 Å². The highest BCUT2D eigenvalue weighted by atomic mass is 35.5. The highest BCUT2D eigenvalue weighted by Gasteiger charge is 2.13. The lowest BCUT2D eigenvalue weighted by atomic mass is 10.0. The summed E-state index contributed by atoms with van der Waals surface area (Å²) in [6.45, 7) is 6.25. The zero-order valence-corrected chi connectivity index (χ0v) is 9.17. The fraction of sp³-hybridized carbons (Fsp3) is 0.556. The molecular formula is C9H14ClNS. The van der Waals surface area contributed by atoms with Crippen LogP contribution >= 0.6 is 22.9 Å². The molecule has 1 heterocycles. The van der Waals surface area contributed by atoms with Crippen LogP contribution in [-0.2, 0) is 0 Å². The molecule has 2 N–H and O–H groups in total. The van der Waals surface area contributed by atoms with Crippen molar-refractivity contribution in [1.29, 1.82) is 0 Å². The summed E-state index contributed by atoms with van der Waals surface area (Å²) in [5, 5.41) is 0. The standard InChI is InChI=1S/C9H14ClNS/c1-5(2)8(11)7-4-6(3)9(10)12-7/h4-5,8H,11H2,1-3H3. The molecule has 0 aliphatic rings. The molecule has 68 valence electrons. The van der Waals surface area contributed by atoms with Crippen molar-refractivity contribution in [3.63, 3.8) is 0 Å². The third-order valence-electron chi connectivity index (χ3n) is 1.92. The number of nitrogens with two attached hydrogens (primary N) is 1. The zero-order chi connectivity index (χ0) is 9.30. The van der Waals surface area contributed by atoms with Crippen molar-refractivity contribution in [2.24, 2.45) is 11.7 Å². The van der Waals surface area contributed by atoms with E-state index in [0.717, 1.165) is 9.90 Å². The van der Waals surface area contributed by atoms with Crippen LogP contribution in [0.25, 0.3) is 0 Å². The van der Waals surface area contributed by atoms with Crippen molar-refractivity contribution < 1.29 is 0 Å². The summed E-state index contributed by atoms with van der Waals surface area (Å²) in [6.07, 6.45) is 0. The Balaban J connectivity index is 2.89. The lowest BCUT2D eigenvalue weighted by molar-refractivity contribution is 0.521. The van der Waals surface area contributed by atoms with Gasteiger partial charge in [0.25, 0.3) is 0 Å². The molecule has 3 heteroatoms. The first kappa shape index (κ1) is 10.0. The Morgan fingerprint density at radius 3 is 2.42 bits per heavy atom. The Morgan fingerprint density at radius 2 is 2.08 bits per heavy atom. The monoisotopic (exact) mass is 203 g/mol. The van der Waals surface area contributed by atoms with Crippen molar-refractivity contribution in [1.82, 2.24) is 0 Å². The predicted octanol–water partition coefficient (Wildman–Crippen LogP) is 3.37. The largest absolute Gasteiger partial charge is 0.323 e. The van der Waals surface area contributed by atoms with Crippen molar-refractivity contribution in [2.75, 3.05) is 0 Å². The molecule has 1 atom stereocenters. The van der Waals surface area contributed by atoms with Crippen LogP contribution in [0.1, 0.15) is 30.3 Å². The summed E-state index contributed by atoms with van der Waals surface area (Å²) < 4.78 is 0.862. The average Bonchev–Trinajstić information content (AvgIpc) is 2.30. The lowest BCUT2D eigenvalue weighted by Crippen LogP contribution is -2.14. The second kappa shape index (κ2) is 3.77. The molecular weight excluding hydrogens is 190 g/mol. The molecule has 0 radical (unpaired) electrons. The molecule has 1 aromatic rings.